The van der Waals surface area contributed by atoms with Gasteiger partial charge in [0.05, 0.1) is 6.67 Å². The molecule has 0 aliphatic heterocycles. The van der Waals surface area contributed by atoms with Crippen molar-refractivity contribution in [3.63, 3.8) is 0 Å². The molecule has 0 rings (SSSR count). The minimum atomic E-state index is -2.19. The first-order chi connectivity index (χ1) is 2.77. The normalized spacial score (nSPS) is 14.3. The Kier molecular flexibility index (Phi) is 3.24. The summed E-state index contributed by atoms with van der Waals surface area (Å²) >= 11 is -2.19. The van der Waals surface area contributed by atoms with Crippen LogP contribution in [0.25, 0.3) is 0 Å². The lowest BCUT2D eigenvalue weighted by Gasteiger charge is -2.00. The standard InChI is InChI=1S/CH6N2O2S/c2-1-3-6(4)5/h3H,1-2H2,(H,4,5)/p-1. The summed E-state index contributed by atoms with van der Waals surface area (Å²) in [7, 11) is 0. The number of hydrogen-bond donors (Lipinski definition) is 2. The molecule has 0 spiro atoms. The zero-order valence-electron chi connectivity index (χ0n) is 3.01. The Labute approximate surface area is 38.1 Å². The topological polar surface area (TPSA) is 78.2 Å². The van der Waals surface area contributed by atoms with Crippen molar-refractivity contribution in [1.82, 2.24) is 4.72 Å². The Bertz CT molecular complexity index is 55.5. The summed E-state index contributed by atoms with van der Waals surface area (Å²) in [5.41, 5.74) is 4.73. The van der Waals surface area contributed by atoms with Crippen LogP contribution in [0.1, 0.15) is 0 Å². The van der Waals surface area contributed by atoms with Crippen LogP contribution in [0.2, 0.25) is 0 Å². The van der Waals surface area contributed by atoms with E-state index in [1.807, 2.05) is 4.72 Å². The highest BCUT2D eigenvalue weighted by molar-refractivity contribution is 7.77. The van der Waals surface area contributed by atoms with E-state index < -0.39 is 11.3 Å². The highest BCUT2D eigenvalue weighted by atomic mass is 32.2. The molecular formula is CH5N2O2S-. The molecule has 5 heteroatoms. The molecule has 0 bridgehead atoms. The van der Waals surface area contributed by atoms with Crippen molar-refractivity contribution in [3.8, 4) is 0 Å². The quantitative estimate of drug-likeness (QED) is 0.327. The summed E-state index contributed by atoms with van der Waals surface area (Å²) < 4.78 is 20.7. The van der Waals surface area contributed by atoms with Gasteiger partial charge in [-0.15, -0.1) is 0 Å². The Morgan fingerprint density at radius 1 is 2.00 bits per heavy atom. The van der Waals surface area contributed by atoms with E-state index in [1.165, 1.54) is 0 Å². The van der Waals surface area contributed by atoms with Gasteiger partial charge in [0.1, 0.15) is 0 Å². The van der Waals surface area contributed by atoms with Crippen molar-refractivity contribution in [1.29, 1.82) is 0 Å². The van der Waals surface area contributed by atoms with Gasteiger partial charge in [0.25, 0.3) is 0 Å². The van der Waals surface area contributed by atoms with Crippen LogP contribution in [-0.4, -0.2) is 15.4 Å². The molecule has 0 aromatic carbocycles. The highest BCUT2D eigenvalue weighted by Crippen LogP contribution is 1.51. The summed E-state index contributed by atoms with van der Waals surface area (Å²) in [6, 6.07) is 0. The van der Waals surface area contributed by atoms with E-state index in [1.54, 1.807) is 0 Å². The van der Waals surface area contributed by atoms with Gasteiger partial charge in [-0.1, -0.05) is 0 Å². The monoisotopic (exact) mass is 109 g/mol. The second-order valence-electron chi connectivity index (χ2n) is 0.583. The Hall–Kier alpha value is 0.0300. The summed E-state index contributed by atoms with van der Waals surface area (Å²) in [6.45, 7) is -0.0316. The van der Waals surface area contributed by atoms with Crippen molar-refractivity contribution in [2.45, 2.75) is 0 Å². The van der Waals surface area contributed by atoms with Crippen molar-refractivity contribution in [3.05, 3.63) is 0 Å². The van der Waals surface area contributed by atoms with Crippen LogP contribution < -0.4 is 10.5 Å². The lowest BCUT2D eigenvalue weighted by Crippen LogP contribution is -2.23. The minimum absolute atomic E-state index is 0.0316. The van der Waals surface area contributed by atoms with Gasteiger partial charge in [-0.3, -0.25) is 4.21 Å². The summed E-state index contributed by atoms with van der Waals surface area (Å²) in [6.07, 6.45) is 0. The second-order valence-corrected chi connectivity index (χ2v) is 1.34. The van der Waals surface area contributed by atoms with Crippen LogP contribution in [0.15, 0.2) is 0 Å². The molecule has 0 saturated heterocycles. The number of nitrogens with one attached hydrogen (secondary N) is 1. The summed E-state index contributed by atoms with van der Waals surface area (Å²) in [4.78, 5) is 0. The maximum atomic E-state index is 9.41. The molecule has 6 heavy (non-hydrogen) atoms. The Balaban J connectivity index is 2.83. The van der Waals surface area contributed by atoms with Crippen molar-refractivity contribution >= 4 is 11.3 Å². The third-order valence-electron chi connectivity index (χ3n) is 0.201. The molecule has 4 nitrogen and oxygen atoms in total. The van der Waals surface area contributed by atoms with Crippen LogP contribution in [-0.2, 0) is 11.3 Å². The molecule has 0 heterocycles. The first-order valence-electron chi connectivity index (χ1n) is 1.30. The molecule has 0 aromatic heterocycles. The van der Waals surface area contributed by atoms with E-state index in [0.29, 0.717) is 0 Å². The van der Waals surface area contributed by atoms with Gasteiger partial charge in [0, 0.05) is 11.3 Å². The average molecular weight is 109 g/mol. The van der Waals surface area contributed by atoms with E-state index in [2.05, 4.69) is 0 Å². The maximum absolute atomic E-state index is 9.41. The van der Waals surface area contributed by atoms with Gasteiger partial charge in [-0.05, 0) is 0 Å². The third kappa shape index (κ3) is 4.03. The fourth-order valence-corrected chi connectivity index (χ4v) is 0.204. The minimum Gasteiger partial charge on any atom is -0.760 e. The van der Waals surface area contributed by atoms with Crippen molar-refractivity contribution in [2.75, 3.05) is 6.67 Å². The fraction of sp³-hybridized carbons (Fsp3) is 1.00. The molecule has 3 N–H and O–H groups in total. The molecule has 0 radical (unpaired) electrons. The van der Waals surface area contributed by atoms with Gasteiger partial charge in [0.2, 0.25) is 0 Å². The second kappa shape index (κ2) is 3.23. The van der Waals surface area contributed by atoms with Gasteiger partial charge in [-0.2, -0.15) is 0 Å². The average Bonchev–Trinajstić information content (AvgIpc) is 1.35. The van der Waals surface area contributed by atoms with Crippen molar-refractivity contribution < 1.29 is 8.76 Å². The fourth-order valence-electron chi connectivity index (χ4n) is 0.0680. The Morgan fingerprint density at radius 3 is 2.50 bits per heavy atom. The molecule has 0 amide bonds. The van der Waals surface area contributed by atoms with Crippen LogP contribution in [0.3, 0.4) is 0 Å². The summed E-state index contributed by atoms with van der Waals surface area (Å²) in [5.74, 6) is 0. The van der Waals surface area contributed by atoms with Crippen LogP contribution in [0.4, 0.5) is 0 Å². The number of rotatable bonds is 2. The van der Waals surface area contributed by atoms with E-state index in [0.717, 1.165) is 0 Å². The third-order valence-corrected chi connectivity index (χ3v) is 0.604. The van der Waals surface area contributed by atoms with Crippen LogP contribution in [0, 0.1) is 0 Å². The zero-order chi connectivity index (χ0) is 4.99. The Morgan fingerprint density at radius 2 is 2.50 bits per heavy atom. The van der Waals surface area contributed by atoms with E-state index >= 15 is 0 Å². The van der Waals surface area contributed by atoms with E-state index in [-0.39, 0.29) is 6.67 Å². The lowest BCUT2D eigenvalue weighted by atomic mass is 11.3. The van der Waals surface area contributed by atoms with Gasteiger partial charge in [0.15, 0.2) is 0 Å². The predicted octanol–water partition coefficient (Wildman–Crippen LogP) is -1.71. The summed E-state index contributed by atoms with van der Waals surface area (Å²) in [5, 5.41) is 0. The molecule has 0 saturated carbocycles. The van der Waals surface area contributed by atoms with Gasteiger partial charge >= 0.3 is 0 Å². The molecule has 1 atom stereocenters. The largest absolute Gasteiger partial charge is 0.760 e. The van der Waals surface area contributed by atoms with E-state index in [9.17, 15) is 8.76 Å². The predicted molar refractivity (Wildman–Crippen MR) is 21.1 cm³/mol. The molecule has 1 unspecified atom stereocenters. The number of nitrogens with two attached hydrogens (primary N) is 1. The first-order valence-corrected chi connectivity index (χ1v) is 2.37. The smallest absolute Gasteiger partial charge is 0.0539 e. The zero-order valence-corrected chi connectivity index (χ0v) is 3.83. The molecule has 0 fully saturated rings. The van der Waals surface area contributed by atoms with Gasteiger partial charge in [-0.25, -0.2) is 4.72 Å². The molecule has 38 valence electrons. The first kappa shape index (κ1) is 6.03. The lowest BCUT2D eigenvalue weighted by molar-refractivity contribution is 0.524. The molecule has 0 aromatic rings. The van der Waals surface area contributed by atoms with Crippen molar-refractivity contribution in [2.24, 2.45) is 5.73 Å². The van der Waals surface area contributed by atoms with Crippen LogP contribution in [0.5, 0.6) is 0 Å². The molecule has 0 aliphatic carbocycles. The maximum Gasteiger partial charge on any atom is 0.0539 e. The number of hydrogen-bond acceptors (Lipinski definition) is 3. The van der Waals surface area contributed by atoms with Crippen LogP contribution >= 0.6 is 0 Å². The highest BCUT2D eigenvalue weighted by Gasteiger charge is 1.68. The van der Waals surface area contributed by atoms with Gasteiger partial charge < -0.3 is 10.3 Å². The van der Waals surface area contributed by atoms with E-state index in [4.69, 9.17) is 5.73 Å². The molecule has 0 aliphatic rings. The SMILES string of the molecule is NCNS(=O)[O-]. The molecular weight excluding hydrogens is 104 g/mol.